The number of halogens is 2. The molecule has 8 rings (SSSR count). The maximum atomic E-state index is 13.9. The fourth-order valence-electron chi connectivity index (χ4n) is 8.93. The minimum Gasteiger partial charge on any atom is -0.492 e. The van der Waals surface area contributed by atoms with Gasteiger partial charge in [-0.05, 0) is 93.5 Å². The van der Waals surface area contributed by atoms with Crippen molar-refractivity contribution in [2.45, 2.75) is 86.8 Å². The van der Waals surface area contributed by atoms with Gasteiger partial charge in [0.05, 0.1) is 28.0 Å². The fourth-order valence-corrected chi connectivity index (χ4v) is 10.4. The van der Waals surface area contributed by atoms with E-state index in [0.29, 0.717) is 57.3 Å². The standard InChI is InChI=1S/C42H50F2N8O7S/c1-42(56)16-2-3-35(42)52-38-28(25-34(37(43)44)40(52)55)26-45-41(48-38)46-29-14-17-51(18-15-29)60(57,58)32-10-8-31(9-11-32)59-24-23-49-19-21-50(22-20-49)30-6-4-27(5-7-30)33-12-13-36(53)47-39(33)54/h4-11,25-26,29,33,35,37,56H,2-3,12-24H2,1H3,(H,45,46,48)(H,47,53,54)/t33?,35-,42-/m1/s1. The van der Waals surface area contributed by atoms with Crippen LogP contribution >= 0.6 is 0 Å². The zero-order valence-electron chi connectivity index (χ0n) is 33.4. The molecule has 5 heterocycles. The van der Waals surface area contributed by atoms with E-state index in [2.05, 4.69) is 30.4 Å². The van der Waals surface area contributed by atoms with Crippen molar-refractivity contribution >= 4 is 44.5 Å². The molecule has 320 valence electrons. The lowest BCUT2D eigenvalue weighted by atomic mass is 9.90. The van der Waals surface area contributed by atoms with Gasteiger partial charge in [-0.2, -0.15) is 9.29 Å². The first-order valence-corrected chi connectivity index (χ1v) is 22.0. The maximum absolute atomic E-state index is 13.9. The van der Waals surface area contributed by atoms with Crippen LogP contribution in [0.4, 0.5) is 20.4 Å². The van der Waals surface area contributed by atoms with Gasteiger partial charge in [-0.3, -0.25) is 29.2 Å². The number of piperazine rings is 1. The summed E-state index contributed by atoms with van der Waals surface area (Å²) in [5, 5.41) is 16.9. The zero-order chi connectivity index (χ0) is 42.2. The summed E-state index contributed by atoms with van der Waals surface area (Å²) in [4.78, 5) is 50.7. The second-order valence-electron chi connectivity index (χ2n) is 16.4. The number of carbonyl (C=O) groups excluding carboxylic acids is 2. The van der Waals surface area contributed by atoms with Crippen LogP contribution in [0.5, 0.6) is 5.75 Å². The number of nitrogens with zero attached hydrogens (tertiary/aromatic N) is 6. The second-order valence-corrected chi connectivity index (χ2v) is 18.3. The summed E-state index contributed by atoms with van der Waals surface area (Å²) < 4.78 is 63.5. The lowest BCUT2D eigenvalue weighted by molar-refractivity contribution is -0.134. The van der Waals surface area contributed by atoms with Crippen molar-refractivity contribution in [3.05, 3.63) is 82.3 Å². The Morgan fingerprint density at radius 3 is 2.33 bits per heavy atom. The second kappa shape index (κ2) is 17.1. The number of piperidine rings is 2. The number of benzene rings is 2. The first-order valence-electron chi connectivity index (χ1n) is 20.6. The molecule has 1 aliphatic carbocycles. The number of alkyl halides is 2. The van der Waals surface area contributed by atoms with Crippen LogP contribution in [0.2, 0.25) is 0 Å². The molecule has 2 amide bonds. The number of aromatic nitrogens is 3. The molecule has 4 fully saturated rings. The van der Waals surface area contributed by atoms with Gasteiger partial charge in [-0.15, -0.1) is 0 Å². The number of anilines is 2. The van der Waals surface area contributed by atoms with Gasteiger partial charge in [0.25, 0.3) is 12.0 Å². The van der Waals surface area contributed by atoms with Crippen molar-refractivity contribution in [1.82, 2.24) is 29.1 Å². The van der Waals surface area contributed by atoms with Crippen molar-refractivity contribution in [3.8, 4) is 5.75 Å². The van der Waals surface area contributed by atoms with Crippen LogP contribution < -0.4 is 25.8 Å². The van der Waals surface area contributed by atoms with Gasteiger partial charge in [-0.1, -0.05) is 12.1 Å². The first-order chi connectivity index (χ1) is 28.8. The highest BCUT2D eigenvalue weighted by molar-refractivity contribution is 7.89. The molecular formula is C42H50F2N8O7S. The number of rotatable bonds is 12. The van der Waals surface area contributed by atoms with Gasteiger partial charge < -0.3 is 20.1 Å². The lowest BCUT2D eigenvalue weighted by Gasteiger charge is -2.36. The van der Waals surface area contributed by atoms with E-state index < -0.39 is 39.2 Å². The minimum atomic E-state index is -3.77. The predicted molar refractivity (Wildman–Crippen MR) is 220 cm³/mol. The topological polar surface area (TPSA) is 179 Å². The van der Waals surface area contributed by atoms with Crippen LogP contribution in [-0.2, 0) is 19.6 Å². The van der Waals surface area contributed by atoms with Crippen molar-refractivity contribution < 1.29 is 36.6 Å². The van der Waals surface area contributed by atoms with E-state index in [-0.39, 0.29) is 58.7 Å². The summed E-state index contributed by atoms with van der Waals surface area (Å²) >= 11 is 0. The third kappa shape index (κ3) is 8.73. The molecule has 3 atom stereocenters. The normalized spacial score (nSPS) is 23.6. The number of sulfonamides is 1. The monoisotopic (exact) mass is 848 g/mol. The van der Waals surface area contributed by atoms with Crippen molar-refractivity contribution in [1.29, 1.82) is 0 Å². The molecule has 1 saturated carbocycles. The molecule has 0 bridgehead atoms. The number of ether oxygens (including phenoxy) is 1. The van der Waals surface area contributed by atoms with Crippen LogP contribution in [0.25, 0.3) is 11.0 Å². The van der Waals surface area contributed by atoms with Crippen LogP contribution in [0, 0.1) is 0 Å². The van der Waals surface area contributed by atoms with E-state index in [1.807, 2.05) is 24.3 Å². The Labute approximate surface area is 346 Å². The Morgan fingerprint density at radius 2 is 1.68 bits per heavy atom. The Morgan fingerprint density at radius 1 is 0.967 bits per heavy atom. The molecule has 2 aromatic heterocycles. The summed E-state index contributed by atoms with van der Waals surface area (Å²) in [6.45, 7) is 6.67. The number of fused-ring (bicyclic) bond motifs is 1. The van der Waals surface area contributed by atoms with E-state index >= 15 is 0 Å². The number of hydrogen-bond donors (Lipinski definition) is 3. The average molecular weight is 849 g/mol. The molecule has 4 aliphatic rings. The smallest absolute Gasteiger partial charge is 0.269 e. The molecule has 18 heteroatoms. The lowest BCUT2D eigenvalue weighted by Crippen LogP contribution is -2.47. The van der Waals surface area contributed by atoms with E-state index in [4.69, 9.17) is 4.74 Å². The average Bonchev–Trinajstić information content (AvgIpc) is 3.59. The maximum Gasteiger partial charge on any atom is 0.269 e. The van der Waals surface area contributed by atoms with Gasteiger partial charge in [0.15, 0.2) is 0 Å². The van der Waals surface area contributed by atoms with Crippen molar-refractivity contribution in [2.75, 3.05) is 62.6 Å². The molecule has 3 N–H and O–H groups in total. The molecule has 60 heavy (non-hydrogen) atoms. The van der Waals surface area contributed by atoms with Crippen LogP contribution in [-0.4, -0.2) is 113 Å². The molecule has 0 spiro atoms. The number of nitrogens with one attached hydrogen (secondary N) is 2. The molecule has 4 aromatic rings. The zero-order valence-corrected chi connectivity index (χ0v) is 34.3. The summed E-state index contributed by atoms with van der Waals surface area (Å²) in [5.41, 5.74) is -0.639. The highest BCUT2D eigenvalue weighted by Crippen LogP contribution is 2.40. The third-order valence-corrected chi connectivity index (χ3v) is 14.3. The number of aliphatic hydroxyl groups is 1. The van der Waals surface area contributed by atoms with Gasteiger partial charge in [-0.25, -0.2) is 22.2 Å². The highest BCUT2D eigenvalue weighted by Gasteiger charge is 2.40. The number of pyridine rings is 1. The number of hydrogen-bond acceptors (Lipinski definition) is 12. The number of imide groups is 1. The highest BCUT2D eigenvalue weighted by atomic mass is 32.2. The Balaban J connectivity index is 0.803. The molecule has 1 unspecified atom stereocenters. The summed E-state index contributed by atoms with van der Waals surface area (Å²) in [6.07, 6.45) is 1.70. The summed E-state index contributed by atoms with van der Waals surface area (Å²) in [6, 6.07) is 14.7. The van der Waals surface area contributed by atoms with Crippen molar-refractivity contribution in [2.24, 2.45) is 0 Å². The predicted octanol–water partition coefficient (Wildman–Crippen LogP) is 4.19. The quantitative estimate of drug-likeness (QED) is 0.174. The molecule has 15 nitrogen and oxygen atoms in total. The SMILES string of the molecule is C[C@@]1(O)CCC[C@H]1n1c(=O)c(C(F)F)cc2cnc(NC3CCN(S(=O)(=O)c4ccc(OCCN5CCN(c6ccc(C7CCC(=O)NC7=O)cc6)CC5)cc4)CC3)nc21. The van der Waals surface area contributed by atoms with Crippen LogP contribution in [0.3, 0.4) is 0 Å². The van der Waals surface area contributed by atoms with Gasteiger partial charge in [0.2, 0.25) is 27.8 Å². The first kappa shape index (κ1) is 41.7. The fraction of sp³-hybridized carbons (Fsp3) is 0.500. The van der Waals surface area contributed by atoms with Crippen LogP contribution in [0.15, 0.2) is 70.5 Å². The molecule has 0 radical (unpaired) electrons. The Kier molecular flexibility index (Phi) is 11.9. The summed E-state index contributed by atoms with van der Waals surface area (Å²) in [7, 11) is -3.77. The van der Waals surface area contributed by atoms with Gasteiger partial charge in [0.1, 0.15) is 18.0 Å². The van der Waals surface area contributed by atoms with E-state index in [1.165, 1.54) is 15.1 Å². The third-order valence-electron chi connectivity index (χ3n) is 12.4. The van der Waals surface area contributed by atoms with Gasteiger partial charge >= 0.3 is 0 Å². The van der Waals surface area contributed by atoms with Crippen LogP contribution in [0.1, 0.15) is 81.4 Å². The summed E-state index contributed by atoms with van der Waals surface area (Å²) in [5.74, 6) is 0.0151. The molecular weight excluding hydrogens is 799 g/mol. The largest absolute Gasteiger partial charge is 0.492 e. The van der Waals surface area contributed by atoms with E-state index in [1.54, 1.807) is 31.2 Å². The Hall–Kier alpha value is -5.04. The molecule has 2 aromatic carbocycles. The van der Waals surface area contributed by atoms with E-state index in [9.17, 15) is 36.7 Å². The minimum absolute atomic E-state index is 0.161. The van der Waals surface area contributed by atoms with Crippen molar-refractivity contribution in [3.63, 3.8) is 0 Å². The van der Waals surface area contributed by atoms with E-state index in [0.717, 1.165) is 50.0 Å². The molecule has 3 saturated heterocycles. The number of carbonyl (C=O) groups is 2. The number of amides is 2. The van der Waals surface area contributed by atoms with Gasteiger partial charge in [0, 0.05) is 75.5 Å². The molecule has 3 aliphatic heterocycles. The Bertz CT molecular complexity index is 2380.